The Bertz CT molecular complexity index is 303. The molecule has 0 saturated heterocycles. The van der Waals surface area contributed by atoms with Gasteiger partial charge in [0.2, 0.25) is 0 Å². The fraction of sp³-hybridized carbons (Fsp3) is 0.600. The first-order valence-corrected chi connectivity index (χ1v) is 6.54. The minimum Gasteiger partial charge on any atom is -0.497 e. The molecule has 1 atom stereocenters. The average Bonchev–Trinajstić information content (AvgIpc) is 2.37. The van der Waals surface area contributed by atoms with Crippen LogP contribution in [0.1, 0.15) is 26.3 Å². The van der Waals surface area contributed by atoms with Crippen LogP contribution in [0.5, 0.6) is 5.75 Å². The molecule has 1 rings (SSSR count). The van der Waals surface area contributed by atoms with Crippen LogP contribution in [0.4, 0.5) is 0 Å². The zero-order chi connectivity index (χ0) is 12.7. The molecule has 0 aliphatic heterocycles. The molecule has 0 N–H and O–H groups in total. The van der Waals surface area contributed by atoms with Crippen LogP contribution in [-0.2, 0) is 6.42 Å². The van der Waals surface area contributed by atoms with Crippen LogP contribution in [0.2, 0.25) is 0 Å². The highest BCUT2D eigenvalue weighted by molar-refractivity contribution is 5.27. The van der Waals surface area contributed by atoms with Crippen molar-refractivity contribution < 1.29 is 4.74 Å². The molecule has 0 aromatic heterocycles. The fourth-order valence-electron chi connectivity index (χ4n) is 2.15. The second kappa shape index (κ2) is 7.33. The lowest BCUT2D eigenvalue weighted by Gasteiger charge is -2.22. The summed E-state index contributed by atoms with van der Waals surface area (Å²) in [5, 5.41) is 0. The highest BCUT2D eigenvalue weighted by atomic mass is 16.5. The van der Waals surface area contributed by atoms with Gasteiger partial charge >= 0.3 is 0 Å². The van der Waals surface area contributed by atoms with E-state index in [0.29, 0.717) is 5.92 Å². The van der Waals surface area contributed by atoms with Crippen molar-refractivity contribution in [3.63, 3.8) is 0 Å². The molecule has 0 aliphatic rings. The molecule has 2 nitrogen and oxygen atoms in total. The Labute approximate surface area is 106 Å². The van der Waals surface area contributed by atoms with Crippen LogP contribution in [0.3, 0.4) is 0 Å². The first kappa shape index (κ1) is 14.0. The smallest absolute Gasteiger partial charge is 0.118 e. The van der Waals surface area contributed by atoms with Gasteiger partial charge in [-0.15, -0.1) is 0 Å². The van der Waals surface area contributed by atoms with Crippen LogP contribution in [0.25, 0.3) is 0 Å². The van der Waals surface area contributed by atoms with Gasteiger partial charge in [0.25, 0.3) is 0 Å². The van der Waals surface area contributed by atoms with E-state index in [4.69, 9.17) is 4.74 Å². The molecular weight excluding hydrogens is 210 g/mol. The lowest BCUT2D eigenvalue weighted by atomic mass is 10.0. The van der Waals surface area contributed by atoms with Crippen molar-refractivity contribution in [1.29, 1.82) is 0 Å². The number of benzene rings is 1. The van der Waals surface area contributed by atoms with Gasteiger partial charge in [-0.25, -0.2) is 0 Å². The predicted octanol–water partition coefficient (Wildman–Crippen LogP) is 3.22. The SMILES string of the molecule is CCN(CC)CC(C)Cc1ccc(OC)cc1. The normalized spacial score (nSPS) is 12.8. The van der Waals surface area contributed by atoms with Gasteiger partial charge in [0.1, 0.15) is 5.75 Å². The molecule has 2 heteroatoms. The third-order valence-electron chi connectivity index (χ3n) is 3.21. The van der Waals surface area contributed by atoms with Gasteiger partial charge in [0.05, 0.1) is 7.11 Å². The molecule has 1 unspecified atom stereocenters. The van der Waals surface area contributed by atoms with E-state index in [1.165, 1.54) is 12.1 Å². The van der Waals surface area contributed by atoms with E-state index in [-0.39, 0.29) is 0 Å². The van der Waals surface area contributed by atoms with Crippen LogP contribution < -0.4 is 4.74 Å². The van der Waals surface area contributed by atoms with Gasteiger partial charge in [-0.1, -0.05) is 32.9 Å². The largest absolute Gasteiger partial charge is 0.497 e. The summed E-state index contributed by atoms with van der Waals surface area (Å²) < 4.78 is 5.17. The van der Waals surface area contributed by atoms with Gasteiger partial charge in [0, 0.05) is 6.54 Å². The van der Waals surface area contributed by atoms with Crippen molar-refractivity contribution in [2.45, 2.75) is 27.2 Å². The summed E-state index contributed by atoms with van der Waals surface area (Å²) in [6.07, 6.45) is 1.14. The second-order valence-corrected chi connectivity index (χ2v) is 4.64. The quantitative estimate of drug-likeness (QED) is 0.719. The Morgan fingerprint density at radius 1 is 1.12 bits per heavy atom. The van der Waals surface area contributed by atoms with Crippen molar-refractivity contribution in [2.75, 3.05) is 26.7 Å². The average molecular weight is 235 g/mol. The molecule has 0 aliphatic carbocycles. The van der Waals surface area contributed by atoms with Crippen molar-refractivity contribution in [1.82, 2.24) is 4.90 Å². The minimum atomic E-state index is 0.697. The van der Waals surface area contributed by atoms with E-state index < -0.39 is 0 Å². The molecule has 96 valence electrons. The van der Waals surface area contributed by atoms with E-state index in [0.717, 1.165) is 25.3 Å². The molecule has 0 saturated carbocycles. The molecule has 0 amide bonds. The minimum absolute atomic E-state index is 0.697. The van der Waals surface area contributed by atoms with Gasteiger partial charge in [0.15, 0.2) is 0 Å². The maximum atomic E-state index is 5.17. The summed E-state index contributed by atoms with van der Waals surface area (Å²) in [4.78, 5) is 2.48. The first-order valence-electron chi connectivity index (χ1n) is 6.54. The van der Waals surface area contributed by atoms with E-state index in [2.05, 4.69) is 37.8 Å². The Hall–Kier alpha value is -1.02. The van der Waals surface area contributed by atoms with E-state index in [9.17, 15) is 0 Å². The maximum absolute atomic E-state index is 5.17. The topological polar surface area (TPSA) is 12.5 Å². The summed E-state index contributed by atoms with van der Waals surface area (Å²) in [6, 6.07) is 8.41. The zero-order valence-electron chi connectivity index (χ0n) is 11.6. The van der Waals surface area contributed by atoms with Gasteiger partial charge < -0.3 is 9.64 Å². The van der Waals surface area contributed by atoms with Crippen LogP contribution in [0, 0.1) is 5.92 Å². The third kappa shape index (κ3) is 4.78. The summed E-state index contributed by atoms with van der Waals surface area (Å²) >= 11 is 0. The lowest BCUT2D eigenvalue weighted by molar-refractivity contribution is 0.260. The molecule has 0 radical (unpaired) electrons. The monoisotopic (exact) mass is 235 g/mol. The Morgan fingerprint density at radius 2 is 1.71 bits per heavy atom. The van der Waals surface area contributed by atoms with E-state index >= 15 is 0 Å². The molecule has 0 spiro atoms. The van der Waals surface area contributed by atoms with Crippen LogP contribution in [0.15, 0.2) is 24.3 Å². The summed E-state index contributed by atoms with van der Waals surface area (Å²) in [6.45, 7) is 10.2. The number of methoxy groups -OCH3 is 1. The fourth-order valence-corrected chi connectivity index (χ4v) is 2.15. The second-order valence-electron chi connectivity index (χ2n) is 4.64. The van der Waals surface area contributed by atoms with Crippen LogP contribution >= 0.6 is 0 Å². The highest BCUT2D eigenvalue weighted by Gasteiger charge is 2.08. The van der Waals surface area contributed by atoms with E-state index in [1.807, 2.05) is 12.1 Å². The number of ether oxygens (including phenoxy) is 1. The molecular formula is C15H25NO. The Balaban J connectivity index is 2.46. The molecule has 0 bridgehead atoms. The summed E-state index contributed by atoms with van der Waals surface area (Å²) in [5.74, 6) is 1.63. The lowest BCUT2D eigenvalue weighted by Crippen LogP contribution is -2.28. The number of hydrogen-bond acceptors (Lipinski definition) is 2. The molecule has 0 heterocycles. The predicted molar refractivity (Wildman–Crippen MR) is 73.7 cm³/mol. The van der Waals surface area contributed by atoms with Crippen molar-refractivity contribution >= 4 is 0 Å². The first-order chi connectivity index (χ1) is 8.19. The highest BCUT2D eigenvalue weighted by Crippen LogP contribution is 2.15. The standard InChI is InChI=1S/C15H25NO/c1-5-16(6-2)12-13(3)11-14-7-9-15(17-4)10-8-14/h7-10,13H,5-6,11-12H2,1-4H3. The molecule has 0 fully saturated rings. The Kier molecular flexibility index (Phi) is 6.06. The zero-order valence-corrected chi connectivity index (χ0v) is 11.6. The number of hydrogen-bond donors (Lipinski definition) is 0. The van der Waals surface area contributed by atoms with E-state index in [1.54, 1.807) is 7.11 Å². The van der Waals surface area contributed by atoms with Gasteiger partial charge in [-0.3, -0.25) is 0 Å². The molecule has 1 aromatic rings. The van der Waals surface area contributed by atoms with Gasteiger partial charge in [-0.05, 0) is 43.1 Å². The maximum Gasteiger partial charge on any atom is 0.118 e. The summed E-state index contributed by atoms with van der Waals surface area (Å²) in [5.41, 5.74) is 1.39. The Morgan fingerprint density at radius 3 is 2.18 bits per heavy atom. The third-order valence-corrected chi connectivity index (χ3v) is 3.21. The number of rotatable bonds is 7. The van der Waals surface area contributed by atoms with Crippen molar-refractivity contribution in [3.05, 3.63) is 29.8 Å². The van der Waals surface area contributed by atoms with Crippen LogP contribution in [-0.4, -0.2) is 31.6 Å². The number of nitrogens with zero attached hydrogens (tertiary/aromatic N) is 1. The molecule has 1 aromatic carbocycles. The van der Waals surface area contributed by atoms with Gasteiger partial charge in [-0.2, -0.15) is 0 Å². The summed E-state index contributed by atoms with van der Waals surface area (Å²) in [7, 11) is 1.71. The molecule has 17 heavy (non-hydrogen) atoms. The van der Waals surface area contributed by atoms with Crippen molar-refractivity contribution in [2.24, 2.45) is 5.92 Å². The van der Waals surface area contributed by atoms with Crippen molar-refractivity contribution in [3.8, 4) is 5.75 Å².